The number of carbonyl (C=O) groups is 1. The van der Waals surface area contributed by atoms with Crippen molar-refractivity contribution < 1.29 is 9.53 Å². The summed E-state index contributed by atoms with van der Waals surface area (Å²) in [5.41, 5.74) is -0.349. The van der Waals surface area contributed by atoms with Crippen LogP contribution in [-0.2, 0) is 9.53 Å². The van der Waals surface area contributed by atoms with E-state index in [1.165, 1.54) is 0 Å². The van der Waals surface area contributed by atoms with Crippen LogP contribution in [0, 0.1) is 0 Å². The van der Waals surface area contributed by atoms with Gasteiger partial charge in [-0.3, -0.25) is 4.79 Å². The zero-order valence-electron chi connectivity index (χ0n) is 4.61. The smallest absolute Gasteiger partial charge is 0.310 e. The average molecular weight is 135 g/mol. The highest BCUT2D eigenvalue weighted by molar-refractivity contribution is 6.19. The van der Waals surface area contributed by atoms with E-state index in [1.807, 2.05) is 6.92 Å². The molecule has 0 saturated carbocycles. The lowest BCUT2D eigenvalue weighted by Gasteiger charge is -2.34. The van der Waals surface area contributed by atoms with Gasteiger partial charge < -0.3 is 4.74 Å². The van der Waals surface area contributed by atoms with Crippen molar-refractivity contribution in [2.75, 3.05) is 5.88 Å². The molecule has 46 valence electrons. The first-order chi connectivity index (χ1) is 3.66. The van der Waals surface area contributed by atoms with Crippen LogP contribution in [0.4, 0.5) is 0 Å². The molecule has 0 spiro atoms. The van der Waals surface area contributed by atoms with Gasteiger partial charge in [0.05, 0.1) is 12.3 Å². The number of cyclic esters (lactones) is 1. The Kier molecular flexibility index (Phi) is 1.19. The fraction of sp³-hybridized carbons (Fsp3) is 0.800. The maximum absolute atomic E-state index is 10.2. The Balaban J connectivity index is 2.40. The summed E-state index contributed by atoms with van der Waals surface area (Å²) in [6.45, 7) is 1.82. The van der Waals surface area contributed by atoms with Gasteiger partial charge in [-0.1, -0.05) is 0 Å². The van der Waals surface area contributed by atoms with Gasteiger partial charge in [-0.25, -0.2) is 0 Å². The molecular formula is C5H7ClO2. The first kappa shape index (κ1) is 5.89. The Bertz CT molecular complexity index is 114. The van der Waals surface area contributed by atoms with Gasteiger partial charge in [0, 0.05) is 0 Å². The van der Waals surface area contributed by atoms with Crippen LogP contribution < -0.4 is 0 Å². The number of esters is 1. The van der Waals surface area contributed by atoms with Crippen molar-refractivity contribution in [2.24, 2.45) is 0 Å². The van der Waals surface area contributed by atoms with Crippen LogP contribution in [0.15, 0.2) is 0 Å². The largest absolute Gasteiger partial charge is 0.457 e. The average Bonchev–Trinajstić information content (AvgIpc) is 1.63. The highest BCUT2D eigenvalue weighted by Crippen LogP contribution is 2.27. The molecule has 0 radical (unpaired) electrons. The normalized spacial score (nSPS) is 36.0. The molecule has 0 aromatic rings. The molecule has 1 aliphatic rings. The molecule has 0 amide bonds. The summed E-state index contributed by atoms with van der Waals surface area (Å²) in [6.07, 6.45) is 0.469. The Hall–Kier alpha value is -0.240. The molecule has 1 saturated heterocycles. The van der Waals surface area contributed by atoms with Crippen LogP contribution in [0.25, 0.3) is 0 Å². The molecule has 0 aromatic heterocycles. The van der Waals surface area contributed by atoms with E-state index < -0.39 is 0 Å². The van der Waals surface area contributed by atoms with Gasteiger partial charge in [0.2, 0.25) is 0 Å². The van der Waals surface area contributed by atoms with Gasteiger partial charge in [-0.05, 0) is 6.92 Å². The molecule has 2 nitrogen and oxygen atoms in total. The van der Waals surface area contributed by atoms with E-state index in [0.29, 0.717) is 12.3 Å². The summed E-state index contributed by atoms with van der Waals surface area (Å²) < 4.78 is 4.70. The summed E-state index contributed by atoms with van der Waals surface area (Å²) in [5, 5.41) is 0. The van der Waals surface area contributed by atoms with E-state index in [4.69, 9.17) is 16.3 Å². The zero-order valence-corrected chi connectivity index (χ0v) is 5.36. The molecule has 1 fully saturated rings. The molecule has 0 bridgehead atoms. The maximum Gasteiger partial charge on any atom is 0.310 e. The Morgan fingerprint density at radius 1 is 2.00 bits per heavy atom. The maximum atomic E-state index is 10.2. The van der Waals surface area contributed by atoms with Crippen molar-refractivity contribution in [1.29, 1.82) is 0 Å². The van der Waals surface area contributed by atoms with Crippen molar-refractivity contribution in [3.05, 3.63) is 0 Å². The van der Waals surface area contributed by atoms with Gasteiger partial charge in [-0.15, -0.1) is 11.6 Å². The van der Waals surface area contributed by atoms with Crippen molar-refractivity contribution in [2.45, 2.75) is 18.9 Å². The minimum Gasteiger partial charge on any atom is -0.457 e. The van der Waals surface area contributed by atoms with Crippen LogP contribution in [0.3, 0.4) is 0 Å². The number of rotatable bonds is 1. The molecule has 1 heterocycles. The van der Waals surface area contributed by atoms with Gasteiger partial charge in [0.15, 0.2) is 0 Å². The molecule has 1 aliphatic heterocycles. The number of carbonyl (C=O) groups excluding carboxylic acids is 1. The van der Waals surface area contributed by atoms with Crippen LogP contribution in [-0.4, -0.2) is 17.5 Å². The van der Waals surface area contributed by atoms with Gasteiger partial charge in [0.25, 0.3) is 0 Å². The Morgan fingerprint density at radius 2 is 2.50 bits per heavy atom. The summed E-state index contributed by atoms with van der Waals surface area (Å²) in [5.74, 6) is 0.256. The Labute approximate surface area is 52.8 Å². The third kappa shape index (κ3) is 0.802. The Morgan fingerprint density at radius 3 is 2.62 bits per heavy atom. The minimum atomic E-state index is -0.349. The number of ether oxygens (including phenoxy) is 1. The number of hydrogen-bond acceptors (Lipinski definition) is 2. The lowest BCUT2D eigenvalue weighted by Crippen LogP contribution is -2.46. The number of halogens is 1. The molecule has 1 rings (SSSR count). The van der Waals surface area contributed by atoms with Crippen LogP contribution >= 0.6 is 11.6 Å². The van der Waals surface area contributed by atoms with E-state index in [-0.39, 0.29) is 11.6 Å². The predicted molar refractivity (Wildman–Crippen MR) is 29.8 cm³/mol. The number of hydrogen-bond donors (Lipinski definition) is 0. The second-order valence-corrected chi connectivity index (χ2v) is 2.50. The first-order valence-corrected chi connectivity index (χ1v) is 2.97. The molecule has 0 aromatic carbocycles. The van der Waals surface area contributed by atoms with Crippen LogP contribution in [0.5, 0.6) is 0 Å². The number of alkyl halides is 1. The monoisotopic (exact) mass is 134 g/mol. The lowest BCUT2D eigenvalue weighted by molar-refractivity contribution is -0.183. The predicted octanol–water partition coefficient (Wildman–Crippen LogP) is 0.931. The molecule has 8 heavy (non-hydrogen) atoms. The standard InChI is InChI=1S/C5H7ClO2/c1-5(3-6)2-4(7)8-5/h2-3H2,1H3. The summed E-state index contributed by atoms with van der Waals surface area (Å²) in [7, 11) is 0. The van der Waals surface area contributed by atoms with E-state index in [9.17, 15) is 4.79 Å². The first-order valence-electron chi connectivity index (χ1n) is 2.44. The van der Waals surface area contributed by atoms with E-state index in [2.05, 4.69) is 0 Å². The SMILES string of the molecule is CC1(CCl)CC(=O)O1. The van der Waals surface area contributed by atoms with Crippen LogP contribution in [0.1, 0.15) is 13.3 Å². The molecular weight excluding hydrogens is 128 g/mol. The van der Waals surface area contributed by atoms with Crippen molar-refractivity contribution in [3.63, 3.8) is 0 Å². The van der Waals surface area contributed by atoms with Gasteiger partial charge in [-0.2, -0.15) is 0 Å². The van der Waals surface area contributed by atoms with Crippen molar-refractivity contribution in [3.8, 4) is 0 Å². The third-order valence-corrected chi connectivity index (χ3v) is 1.73. The fourth-order valence-corrected chi connectivity index (χ4v) is 0.795. The summed E-state index contributed by atoms with van der Waals surface area (Å²) >= 11 is 5.43. The van der Waals surface area contributed by atoms with Gasteiger partial charge >= 0.3 is 5.97 Å². The van der Waals surface area contributed by atoms with E-state index >= 15 is 0 Å². The van der Waals surface area contributed by atoms with Crippen LogP contribution in [0.2, 0.25) is 0 Å². The second kappa shape index (κ2) is 1.62. The van der Waals surface area contributed by atoms with E-state index in [1.54, 1.807) is 0 Å². The summed E-state index contributed by atoms with van der Waals surface area (Å²) in [4.78, 5) is 10.2. The lowest BCUT2D eigenvalue weighted by atomic mass is 10.00. The second-order valence-electron chi connectivity index (χ2n) is 2.23. The van der Waals surface area contributed by atoms with Crippen molar-refractivity contribution >= 4 is 17.6 Å². The molecule has 0 N–H and O–H groups in total. The van der Waals surface area contributed by atoms with Gasteiger partial charge in [0.1, 0.15) is 5.60 Å². The molecule has 3 heteroatoms. The minimum absolute atomic E-state index is 0.145. The fourth-order valence-electron chi connectivity index (χ4n) is 0.646. The topological polar surface area (TPSA) is 26.3 Å². The molecule has 1 atom stereocenters. The quantitative estimate of drug-likeness (QED) is 0.394. The highest BCUT2D eigenvalue weighted by atomic mass is 35.5. The van der Waals surface area contributed by atoms with Crippen molar-refractivity contribution in [1.82, 2.24) is 0 Å². The van der Waals surface area contributed by atoms with E-state index in [0.717, 1.165) is 0 Å². The zero-order chi connectivity index (χ0) is 6.20. The third-order valence-electron chi connectivity index (χ3n) is 1.16. The summed E-state index contributed by atoms with van der Waals surface area (Å²) in [6, 6.07) is 0. The molecule has 1 unspecified atom stereocenters. The highest BCUT2D eigenvalue weighted by Gasteiger charge is 2.40. The molecule has 0 aliphatic carbocycles.